The molecular weight excluding hydrogens is 386 g/mol. The molecule has 0 N–H and O–H groups in total. The van der Waals surface area contributed by atoms with Crippen LogP contribution in [0.2, 0.25) is 0 Å². The molecule has 0 unspecified atom stereocenters. The minimum Gasteiger partial charge on any atom is -0.494 e. The van der Waals surface area contributed by atoms with Gasteiger partial charge in [-0.1, -0.05) is 0 Å². The van der Waals surface area contributed by atoms with E-state index >= 15 is 0 Å². The highest BCUT2D eigenvalue weighted by atomic mass is 16.5. The predicted molar refractivity (Wildman–Crippen MR) is 109 cm³/mol. The lowest BCUT2D eigenvalue weighted by molar-refractivity contribution is 0.0964. The van der Waals surface area contributed by atoms with Crippen molar-refractivity contribution in [2.24, 2.45) is 0 Å². The van der Waals surface area contributed by atoms with E-state index in [1.54, 1.807) is 12.1 Å². The molecule has 0 saturated heterocycles. The van der Waals surface area contributed by atoms with Crippen LogP contribution >= 0.6 is 0 Å². The Balaban J connectivity index is 1.60. The molecule has 0 saturated carbocycles. The van der Waals surface area contributed by atoms with Gasteiger partial charge in [-0.15, -0.1) is 5.10 Å². The van der Waals surface area contributed by atoms with Crippen LogP contribution < -0.4 is 10.5 Å². The second kappa shape index (κ2) is 7.90. The number of aryl methyl sites for hydroxylation is 1. The number of rotatable bonds is 7. The van der Waals surface area contributed by atoms with Crippen LogP contribution in [-0.2, 0) is 6.54 Å². The zero-order chi connectivity index (χ0) is 21.3. The number of furan rings is 1. The second-order valence-electron chi connectivity index (χ2n) is 6.78. The van der Waals surface area contributed by atoms with E-state index in [1.165, 1.54) is 6.26 Å². The maximum Gasteiger partial charge on any atom is 0.437 e. The zero-order valence-electron chi connectivity index (χ0n) is 16.9. The van der Waals surface area contributed by atoms with E-state index in [1.807, 2.05) is 55.7 Å². The van der Waals surface area contributed by atoms with Crippen molar-refractivity contribution in [1.82, 2.24) is 14.3 Å². The Bertz CT molecular complexity index is 1230. The highest BCUT2D eigenvalue weighted by Gasteiger charge is 2.20. The lowest BCUT2D eigenvalue weighted by atomic mass is 10.1. The number of ketones is 1. The lowest BCUT2D eigenvalue weighted by Gasteiger charge is -2.11. The molecule has 4 rings (SSSR count). The molecule has 0 atom stereocenters. The Morgan fingerprint density at radius 2 is 1.93 bits per heavy atom. The minimum atomic E-state index is -0.713. The molecule has 0 spiro atoms. The van der Waals surface area contributed by atoms with E-state index < -0.39 is 5.76 Å². The Kier molecular flexibility index (Phi) is 5.14. The van der Waals surface area contributed by atoms with Crippen LogP contribution in [0.5, 0.6) is 5.75 Å². The van der Waals surface area contributed by atoms with Crippen LogP contribution in [0.4, 0.5) is 0 Å². The average molecular weight is 407 g/mol. The fourth-order valence-corrected chi connectivity index (χ4v) is 3.43. The van der Waals surface area contributed by atoms with Gasteiger partial charge in [0.2, 0.25) is 0 Å². The molecule has 0 aliphatic carbocycles. The van der Waals surface area contributed by atoms with Crippen LogP contribution in [0.25, 0.3) is 17.3 Å². The van der Waals surface area contributed by atoms with Gasteiger partial charge in [-0.2, -0.15) is 4.68 Å². The summed E-state index contributed by atoms with van der Waals surface area (Å²) < 4.78 is 18.8. The van der Waals surface area contributed by atoms with Gasteiger partial charge in [0.25, 0.3) is 5.89 Å². The van der Waals surface area contributed by atoms with E-state index in [2.05, 4.69) is 5.10 Å². The molecule has 0 bridgehead atoms. The van der Waals surface area contributed by atoms with Crippen LogP contribution in [0.3, 0.4) is 0 Å². The number of carbonyl (C=O) groups is 1. The Labute approximate surface area is 172 Å². The summed E-state index contributed by atoms with van der Waals surface area (Å²) in [7, 11) is 0. The van der Waals surface area contributed by atoms with Crippen LogP contribution in [0.1, 0.15) is 28.7 Å². The smallest absolute Gasteiger partial charge is 0.437 e. The van der Waals surface area contributed by atoms with Crippen molar-refractivity contribution in [3.8, 4) is 23.1 Å². The first-order valence-corrected chi connectivity index (χ1v) is 9.55. The first kappa shape index (κ1) is 19.5. The topological polar surface area (TPSA) is 92.4 Å². The van der Waals surface area contributed by atoms with Gasteiger partial charge in [0, 0.05) is 22.6 Å². The third-order valence-electron chi connectivity index (χ3n) is 4.77. The first-order valence-electron chi connectivity index (χ1n) is 9.55. The van der Waals surface area contributed by atoms with Crippen molar-refractivity contribution in [3.05, 3.63) is 76.2 Å². The Morgan fingerprint density at radius 3 is 2.60 bits per heavy atom. The molecule has 3 aromatic heterocycles. The van der Waals surface area contributed by atoms with Crippen LogP contribution in [-0.4, -0.2) is 26.7 Å². The van der Waals surface area contributed by atoms with Crippen LogP contribution in [0.15, 0.2) is 62.4 Å². The standard InChI is InChI=1S/C22H21N3O5/c1-4-28-17-9-7-16(8-10-17)25-14(2)12-18(15(25)3)19(26)13-24-22(27)30-21(23-24)20-6-5-11-29-20/h5-12H,4,13H2,1-3H3. The number of ether oxygens (including phenoxy) is 1. The van der Waals surface area contributed by atoms with Crippen molar-refractivity contribution < 1.29 is 18.4 Å². The normalized spacial score (nSPS) is 11.0. The molecule has 0 radical (unpaired) electrons. The fraction of sp³-hybridized carbons (Fsp3) is 0.227. The highest BCUT2D eigenvalue weighted by molar-refractivity contribution is 5.97. The summed E-state index contributed by atoms with van der Waals surface area (Å²) >= 11 is 0. The highest BCUT2D eigenvalue weighted by Crippen LogP contribution is 2.23. The number of nitrogens with zero attached hydrogens (tertiary/aromatic N) is 3. The average Bonchev–Trinajstić information content (AvgIpc) is 3.44. The van der Waals surface area contributed by atoms with Crippen LogP contribution in [0, 0.1) is 13.8 Å². The van der Waals surface area contributed by atoms with Gasteiger partial charge in [-0.05, 0) is 63.2 Å². The summed E-state index contributed by atoms with van der Waals surface area (Å²) in [6, 6.07) is 12.8. The number of aromatic nitrogens is 3. The van der Waals surface area contributed by atoms with Gasteiger partial charge in [0.1, 0.15) is 12.3 Å². The third-order valence-corrected chi connectivity index (χ3v) is 4.77. The summed E-state index contributed by atoms with van der Waals surface area (Å²) in [6.45, 7) is 6.11. The molecular formula is C22H21N3O5. The minimum absolute atomic E-state index is 0.0395. The molecule has 8 nitrogen and oxygen atoms in total. The van der Waals surface area contributed by atoms with Gasteiger partial charge in [0.15, 0.2) is 11.5 Å². The summed E-state index contributed by atoms with van der Waals surface area (Å²) in [4.78, 5) is 25.0. The van der Waals surface area contributed by atoms with Gasteiger partial charge >= 0.3 is 5.76 Å². The quantitative estimate of drug-likeness (QED) is 0.433. The van der Waals surface area contributed by atoms with E-state index in [0.29, 0.717) is 17.9 Å². The molecule has 0 aliphatic heterocycles. The zero-order valence-corrected chi connectivity index (χ0v) is 16.9. The molecule has 0 aliphatic rings. The molecule has 4 aromatic rings. The summed E-state index contributed by atoms with van der Waals surface area (Å²) in [5, 5.41) is 4.06. The monoisotopic (exact) mass is 407 g/mol. The maximum absolute atomic E-state index is 12.9. The van der Waals surface area contributed by atoms with E-state index in [9.17, 15) is 9.59 Å². The van der Waals surface area contributed by atoms with Gasteiger partial charge < -0.3 is 18.1 Å². The Morgan fingerprint density at radius 1 is 1.17 bits per heavy atom. The molecule has 0 fully saturated rings. The molecule has 1 aromatic carbocycles. The predicted octanol–water partition coefficient (Wildman–Crippen LogP) is 3.79. The molecule has 0 amide bonds. The maximum atomic E-state index is 12.9. The van der Waals surface area contributed by atoms with Crippen molar-refractivity contribution in [2.45, 2.75) is 27.3 Å². The van der Waals surface area contributed by atoms with E-state index in [0.717, 1.165) is 27.5 Å². The molecule has 30 heavy (non-hydrogen) atoms. The van der Waals surface area contributed by atoms with Crippen molar-refractivity contribution >= 4 is 5.78 Å². The van der Waals surface area contributed by atoms with E-state index in [4.69, 9.17) is 13.6 Å². The van der Waals surface area contributed by atoms with Gasteiger partial charge in [0.05, 0.1) is 12.9 Å². The summed E-state index contributed by atoms with van der Waals surface area (Å²) in [6.07, 6.45) is 1.45. The summed E-state index contributed by atoms with van der Waals surface area (Å²) in [5.74, 6) is 0.208. The first-order chi connectivity index (χ1) is 14.5. The van der Waals surface area contributed by atoms with E-state index in [-0.39, 0.29) is 18.2 Å². The Hall–Kier alpha value is -3.81. The largest absolute Gasteiger partial charge is 0.494 e. The fourth-order valence-electron chi connectivity index (χ4n) is 3.43. The van der Waals surface area contributed by atoms with Crippen molar-refractivity contribution in [3.63, 3.8) is 0 Å². The number of Topliss-reactive ketones (excluding diaryl/α,β-unsaturated/α-hetero) is 1. The van der Waals surface area contributed by atoms with Crippen molar-refractivity contribution in [1.29, 1.82) is 0 Å². The second-order valence-corrected chi connectivity index (χ2v) is 6.78. The molecule has 154 valence electrons. The number of benzene rings is 1. The lowest BCUT2D eigenvalue weighted by Crippen LogP contribution is -2.21. The summed E-state index contributed by atoms with van der Waals surface area (Å²) in [5.41, 5.74) is 3.13. The number of hydrogen-bond acceptors (Lipinski definition) is 6. The van der Waals surface area contributed by atoms with Gasteiger partial charge in [-0.3, -0.25) is 4.79 Å². The van der Waals surface area contributed by atoms with Crippen molar-refractivity contribution in [2.75, 3.05) is 6.61 Å². The number of carbonyl (C=O) groups excluding carboxylic acids is 1. The van der Waals surface area contributed by atoms with Gasteiger partial charge in [-0.25, -0.2) is 4.79 Å². The molecule has 8 heteroatoms. The number of hydrogen-bond donors (Lipinski definition) is 0. The molecule has 3 heterocycles. The SMILES string of the molecule is CCOc1ccc(-n2c(C)cc(C(=O)Cn3nc(-c4ccco4)oc3=O)c2C)cc1. The third kappa shape index (κ3) is 3.59.